The number of carbonyl (C=O) groups is 1. The molecule has 2 rings (SSSR count). The Morgan fingerprint density at radius 3 is 2.60 bits per heavy atom. The second kappa shape index (κ2) is 7.06. The fraction of sp³-hybridized carbons (Fsp3) is 0.118. The normalized spacial score (nSPS) is 10.7. The van der Waals surface area contributed by atoms with Gasteiger partial charge in [0.1, 0.15) is 5.75 Å². The summed E-state index contributed by atoms with van der Waals surface area (Å²) < 4.78 is 6.27. The second-order valence-electron chi connectivity index (χ2n) is 4.21. The molecule has 3 heteroatoms. The topological polar surface area (TPSA) is 26.3 Å². The molecule has 0 unspecified atom stereocenters. The van der Waals surface area contributed by atoms with E-state index in [1.165, 1.54) is 0 Å². The maximum atomic E-state index is 12.0. The Hall–Kier alpha value is -1.87. The van der Waals surface area contributed by atoms with Gasteiger partial charge in [-0.25, -0.2) is 0 Å². The van der Waals surface area contributed by atoms with Gasteiger partial charge in [0.2, 0.25) is 0 Å². The van der Waals surface area contributed by atoms with Crippen molar-refractivity contribution in [2.75, 3.05) is 6.61 Å². The number of ketones is 1. The van der Waals surface area contributed by atoms with E-state index >= 15 is 0 Å². The van der Waals surface area contributed by atoms with E-state index in [4.69, 9.17) is 4.74 Å². The van der Waals surface area contributed by atoms with E-state index in [0.29, 0.717) is 12.2 Å². The molecular weight excluding hydrogens is 316 g/mol. The van der Waals surface area contributed by atoms with Gasteiger partial charge in [-0.1, -0.05) is 46.3 Å². The van der Waals surface area contributed by atoms with Crippen molar-refractivity contribution < 1.29 is 9.53 Å². The lowest BCUT2D eigenvalue weighted by Crippen LogP contribution is -1.93. The van der Waals surface area contributed by atoms with Crippen LogP contribution in [0.4, 0.5) is 0 Å². The van der Waals surface area contributed by atoms with E-state index in [0.717, 1.165) is 15.8 Å². The average molecular weight is 331 g/mol. The molecule has 0 radical (unpaired) electrons. The SMILES string of the molecule is CCOc1ccc(C=CC(=O)c2cccc(Br)c2)cc1. The Morgan fingerprint density at radius 1 is 1.20 bits per heavy atom. The van der Waals surface area contributed by atoms with Gasteiger partial charge >= 0.3 is 0 Å². The summed E-state index contributed by atoms with van der Waals surface area (Å²) >= 11 is 3.36. The van der Waals surface area contributed by atoms with Gasteiger partial charge in [-0.15, -0.1) is 0 Å². The van der Waals surface area contributed by atoms with Crippen LogP contribution < -0.4 is 4.74 Å². The van der Waals surface area contributed by atoms with Gasteiger partial charge < -0.3 is 4.74 Å². The first-order valence-electron chi connectivity index (χ1n) is 6.40. The van der Waals surface area contributed by atoms with Crippen molar-refractivity contribution >= 4 is 27.8 Å². The quantitative estimate of drug-likeness (QED) is 0.584. The molecule has 0 bridgehead atoms. The third-order valence-corrected chi connectivity index (χ3v) is 3.22. The molecule has 0 aliphatic heterocycles. The van der Waals surface area contributed by atoms with Gasteiger partial charge in [-0.2, -0.15) is 0 Å². The van der Waals surface area contributed by atoms with Crippen molar-refractivity contribution in [1.29, 1.82) is 0 Å². The first-order chi connectivity index (χ1) is 9.69. The lowest BCUT2D eigenvalue weighted by molar-refractivity contribution is 0.104. The van der Waals surface area contributed by atoms with Crippen LogP contribution in [-0.2, 0) is 0 Å². The molecule has 0 saturated carbocycles. The van der Waals surface area contributed by atoms with Gasteiger partial charge in [-0.05, 0) is 42.8 Å². The molecule has 0 fully saturated rings. The van der Waals surface area contributed by atoms with Gasteiger partial charge in [0, 0.05) is 10.0 Å². The number of rotatable bonds is 5. The summed E-state index contributed by atoms with van der Waals surface area (Å²) in [4.78, 5) is 12.0. The van der Waals surface area contributed by atoms with Crippen molar-refractivity contribution in [2.24, 2.45) is 0 Å². The summed E-state index contributed by atoms with van der Waals surface area (Å²) in [6, 6.07) is 15.0. The molecule has 102 valence electrons. The van der Waals surface area contributed by atoms with Crippen molar-refractivity contribution in [3.63, 3.8) is 0 Å². The third kappa shape index (κ3) is 4.07. The van der Waals surface area contributed by atoms with Gasteiger partial charge in [0.25, 0.3) is 0 Å². The second-order valence-corrected chi connectivity index (χ2v) is 5.13. The zero-order valence-electron chi connectivity index (χ0n) is 11.2. The van der Waals surface area contributed by atoms with E-state index in [-0.39, 0.29) is 5.78 Å². The van der Waals surface area contributed by atoms with Crippen LogP contribution in [0, 0.1) is 0 Å². The Kier molecular flexibility index (Phi) is 5.13. The molecule has 0 heterocycles. The minimum atomic E-state index is -0.0137. The van der Waals surface area contributed by atoms with Crippen LogP contribution in [0.5, 0.6) is 5.75 Å². The number of benzene rings is 2. The molecule has 0 saturated heterocycles. The zero-order chi connectivity index (χ0) is 14.4. The summed E-state index contributed by atoms with van der Waals surface area (Å²) in [5.74, 6) is 0.822. The standard InChI is InChI=1S/C17H15BrO2/c1-2-20-16-9-6-13(7-10-16)8-11-17(19)14-4-3-5-15(18)12-14/h3-12H,2H2,1H3. The fourth-order valence-electron chi connectivity index (χ4n) is 1.75. The molecule has 0 aliphatic rings. The van der Waals surface area contributed by atoms with Crippen molar-refractivity contribution in [3.05, 3.63) is 70.2 Å². The predicted molar refractivity (Wildman–Crippen MR) is 85.1 cm³/mol. The van der Waals surface area contributed by atoms with E-state index in [1.54, 1.807) is 18.2 Å². The Balaban J connectivity index is 2.07. The van der Waals surface area contributed by atoms with Crippen molar-refractivity contribution in [2.45, 2.75) is 6.92 Å². The van der Waals surface area contributed by atoms with Crippen LogP contribution in [0.2, 0.25) is 0 Å². The largest absolute Gasteiger partial charge is 0.494 e. The molecule has 2 aromatic rings. The fourth-order valence-corrected chi connectivity index (χ4v) is 2.15. The third-order valence-electron chi connectivity index (χ3n) is 2.73. The summed E-state index contributed by atoms with van der Waals surface area (Å²) in [7, 11) is 0. The summed E-state index contributed by atoms with van der Waals surface area (Å²) in [5.41, 5.74) is 1.64. The molecule has 0 aromatic heterocycles. The van der Waals surface area contributed by atoms with Crippen molar-refractivity contribution in [3.8, 4) is 5.75 Å². The monoisotopic (exact) mass is 330 g/mol. The molecular formula is C17H15BrO2. The highest BCUT2D eigenvalue weighted by Gasteiger charge is 2.01. The first-order valence-corrected chi connectivity index (χ1v) is 7.19. The predicted octanol–water partition coefficient (Wildman–Crippen LogP) is 4.74. The van der Waals surface area contributed by atoms with Crippen LogP contribution in [-0.4, -0.2) is 12.4 Å². The maximum Gasteiger partial charge on any atom is 0.185 e. The summed E-state index contributed by atoms with van der Waals surface area (Å²) in [6.45, 7) is 2.60. The highest BCUT2D eigenvalue weighted by atomic mass is 79.9. The van der Waals surface area contributed by atoms with E-state index < -0.39 is 0 Å². The minimum absolute atomic E-state index is 0.0137. The number of hydrogen-bond acceptors (Lipinski definition) is 2. The molecule has 20 heavy (non-hydrogen) atoms. The van der Waals surface area contributed by atoms with E-state index in [2.05, 4.69) is 15.9 Å². The Morgan fingerprint density at radius 2 is 1.95 bits per heavy atom. The number of allylic oxidation sites excluding steroid dienone is 1. The molecule has 0 amide bonds. The average Bonchev–Trinajstić information content (AvgIpc) is 2.46. The lowest BCUT2D eigenvalue weighted by atomic mass is 10.1. The molecule has 0 N–H and O–H groups in total. The smallest absolute Gasteiger partial charge is 0.185 e. The number of carbonyl (C=O) groups excluding carboxylic acids is 1. The summed E-state index contributed by atoms with van der Waals surface area (Å²) in [6.07, 6.45) is 3.39. The Bertz CT molecular complexity index is 615. The highest BCUT2D eigenvalue weighted by Crippen LogP contribution is 2.15. The van der Waals surface area contributed by atoms with Crippen LogP contribution in [0.1, 0.15) is 22.8 Å². The molecule has 0 aliphatic carbocycles. The van der Waals surface area contributed by atoms with E-state index in [9.17, 15) is 4.79 Å². The summed E-state index contributed by atoms with van der Waals surface area (Å²) in [5, 5.41) is 0. The molecule has 2 nitrogen and oxygen atoms in total. The zero-order valence-corrected chi connectivity index (χ0v) is 12.8. The Labute approximate surface area is 127 Å². The number of ether oxygens (including phenoxy) is 1. The first kappa shape index (κ1) is 14.5. The maximum absolute atomic E-state index is 12.0. The number of hydrogen-bond donors (Lipinski definition) is 0. The van der Waals surface area contributed by atoms with Crippen LogP contribution >= 0.6 is 15.9 Å². The highest BCUT2D eigenvalue weighted by molar-refractivity contribution is 9.10. The lowest BCUT2D eigenvalue weighted by Gasteiger charge is -2.02. The van der Waals surface area contributed by atoms with E-state index in [1.807, 2.05) is 49.4 Å². The molecule has 2 aromatic carbocycles. The van der Waals surface area contributed by atoms with Crippen LogP contribution in [0.25, 0.3) is 6.08 Å². The molecule has 0 atom stereocenters. The van der Waals surface area contributed by atoms with Gasteiger partial charge in [-0.3, -0.25) is 4.79 Å². The van der Waals surface area contributed by atoms with Gasteiger partial charge in [0.15, 0.2) is 5.78 Å². The molecule has 0 spiro atoms. The number of halogens is 1. The minimum Gasteiger partial charge on any atom is -0.494 e. The van der Waals surface area contributed by atoms with Gasteiger partial charge in [0.05, 0.1) is 6.61 Å². The van der Waals surface area contributed by atoms with Crippen LogP contribution in [0.15, 0.2) is 59.1 Å². The van der Waals surface area contributed by atoms with Crippen LogP contribution in [0.3, 0.4) is 0 Å². The van der Waals surface area contributed by atoms with Crippen molar-refractivity contribution in [1.82, 2.24) is 0 Å².